The molecule has 1 aromatic rings. The minimum atomic E-state index is 0.695. The lowest BCUT2D eigenvalue weighted by Crippen LogP contribution is -2.40. The predicted molar refractivity (Wildman–Crippen MR) is 94.0 cm³/mol. The largest absolute Gasteiger partial charge is 0.375 e. The third kappa shape index (κ3) is 4.43. The van der Waals surface area contributed by atoms with Crippen LogP contribution in [-0.4, -0.2) is 47.0 Å². The summed E-state index contributed by atoms with van der Waals surface area (Å²) >= 11 is 1.63. The Balaban J connectivity index is 1.36. The summed E-state index contributed by atoms with van der Waals surface area (Å²) in [5.74, 6) is 0.928. The topological polar surface area (TPSA) is 45.4 Å². The Morgan fingerprint density at radius 3 is 2.73 bits per heavy atom. The molecule has 124 valence electrons. The van der Waals surface area contributed by atoms with Crippen molar-refractivity contribution in [1.29, 1.82) is 0 Å². The predicted octanol–water partition coefficient (Wildman–Crippen LogP) is 3.20. The molecule has 1 aromatic heterocycles. The lowest BCUT2D eigenvalue weighted by atomic mass is 9.92. The Morgan fingerprint density at radius 2 is 2.05 bits per heavy atom. The number of nitrogens with zero attached hydrogens (tertiary/aromatic N) is 3. The molecule has 0 bridgehead atoms. The van der Waals surface area contributed by atoms with Crippen LogP contribution >= 0.6 is 11.3 Å². The molecular weight excluding hydrogens is 292 g/mol. The van der Waals surface area contributed by atoms with E-state index in [0.29, 0.717) is 5.13 Å². The SMILES string of the molecule is CC1CCCCN1CCC1CCN(Cc2cnc(N)s2)CC1. The van der Waals surface area contributed by atoms with Gasteiger partial charge in [0, 0.05) is 23.7 Å². The second-order valence-electron chi connectivity index (χ2n) is 7.05. The van der Waals surface area contributed by atoms with Gasteiger partial charge in [0.2, 0.25) is 0 Å². The molecule has 0 aromatic carbocycles. The first-order chi connectivity index (χ1) is 10.7. The van der Waals surface area contributed by atoms with Crippen LogP contribution in [0, 0.1) is 5.92 Å². The fraction of sp³-hybridized carbons (Fsp3) is 0.824. The van der Waals surface area contributed by atoms with Crippen molar-refractivity contribution in [3.8, 4) is 0 Å². The number of thiazole rings is 1. The lowest BCUT2D eigenvalue weighted by Gasteiger charge is -2.36. The summed E-state index contributed by atoms with van der Waals surface area (Å²) in [6.45, 7) is 8.55. The van der Waals surface area contributed by atoms with E-state index in [0.717, 1.165) is 18.5 Å². The highest BCUT2D eigenvalue weighted by atomic mass is 32.1. The van der Waals surface area contributed by atoms with Gasteiger partial charge in [0.05, 0.1) is 0 Å². The van der Waals surface area contributed by atoms with E-state index in [4.69, 9.17) is 5.73 Å². The Morgan fingerprint density at radius 1 is 1.23 bits per heavy atom. The van der Waals surface area contributed by atoms with E-state index in [2.05, 4.69) is 21.7 Å². The fourth-order valence-electron chi connectivity index (χ4n) is 3.89. The van der Waals surface area contributed by atoms with Crippen molar-refractivity contribution < 1.29 is 0 Å². The summed E-state index contributed by atoms with van der Waals surface area (Å²) in [5.41, 5.74) is 5.71. The maximum absolute atomic E-state index is 5.71. The van der Waals surface area contributed by atoms with Crippen LogP contribution in [0.5, 0.6) is 0 Å². The number of likely N-dealkylation sites (tertiary alicyclic amines) is 2. The minimum Gasteiger partial charge on any atom is -0.375 e. The number of nitrogens with two attached hydrogens (primary N) is 1. The molecule has 2 aliphatic rings. The quantitative estimate of drug-likeness (QED) is 0.904. The number of rotatable bonds is 5. The monoisotopic (exact) mass is 322 g/mol. The van der Waals surface area contributed by atoms with Gasteiger partial charge in [-0.05, 0) is 71.1 Å². The van der Waals surface area contributed by atoms with E-state index in [-0.39, 0.29) is 0 Å². The van der Waals surface area contributed by atoms with Crippen molar-refractivity contribution in [3.63, 3.8) is 0 Å². The molecule has 2 saturated heterocycles. The molecule has 0 spiro atoms. The lowest BCUT2D eigenvalue weighted by molar-refractivity contribution is 0.127. The molecular formula is C17H30N4S. The molecule has 0 amide bonds. The standard InChI is InChI=1S/C17H30N4S/c1-14-4-2-3-8-21(14)11-7-15-5-9-20(10-6-15)13-16-12-19-17(18)22-16/h12,14-15H,2-11,13H2,1H3,(H2,18,19). The van der Waals surface area contributed by atoms with Crippen LogP contribution in [0.2, 0.25) is 0 Å². The van der Waals surface area contributed by atoms with E-state index < -0.39 is 0 Å². The number of hydrogen-bond donors (Lipinski definition) is 1. The van der Waals surface area contributed by atoms with Crippen LogP contribution < -0.4 is 5.73 Å². The number of piperidine rings is 2. The normalized spacial score (nSPS) is 25.6. The summed E-state index contributed by atoms with van der Waals surface area (Å²) in [6, 6.07) is 0.811. The Labute approximate surface area is 138 Å². The van der Waals surface area contributed by atoms with E-state index in [9.17, 15) is 0 Å². The summed E-state index contributed by atoms with van der Waals surface area (Å²) in [7, 11) is 0. The minimum absolute atomic E-state index is 0.695. The van der Waals surface area contributed by atoms with Crippen LogP contribution in [0.15, 0.2) is 6.20 Å². The van der Waals surface area contributed by atoms with E-state index >= 15 is 0 Å². The fourth-order valence-corrected chi connectivity index (χ4v) is 4.61. The highest BCUT2D eigenvalue weighted by Crippen LogP contribution is 2.25. The molecule has 3 rings (SSSR count). The molecule has 3 heterocycles. The molecule has 4 nitrogen and oxygen atoms in total. The number of anilines is 1. The van der Waals surface area contributed by atoms with Crippen molar-refractivity contribution in [3.05, 3.63) is 11.1 Å². The van der Waals surface area contributed by atoms with Gasteiger partial charge in [-0.1, -0.05) is 6.42 Å². The smallest absolute Gasteiger partial charge is 0.180 e. The Bertz CT molecular complexity index is 453. The van der Waals surface area contributed by atoms with E-state index in [1.54, 1.807) is 11.3 Å². The van der Waals surface area contributed by atoms with Crippen molar-refractivity contribution in [2.75, 3.05) is 31.9 Å². The molecule has 1 atom stereocenters. The Kier molecular flexibility index (Phi) is 5.71. The zero-order valence-electron chi connectivity index (χ0n) is 13.8. The molecule has 2 fully saturated rings. The zero-order valence-corrected chi connectivity index (χ0v) is 14.7. The molecule has 0 radical (unpaired) electrons. The van der Waals surface area contributed by atoms with Crippen LogP contribution in [0.3, 0.4) is 0 Å². The van der Waals surface area contributed by atoms with Gasteiger partial charge in [0.1, 0.15) is 0 Å². The van der Waals surface area contributed by atoms with Gasteiger partial charge in [0.25, 0.3) is 0 Å². The number of nitrogen functional groups attached to an aromatic ring is 1. The molecule has 1 unspecified atom stereocenters. The molecule has 2 aliphatic heterocycles. The highest BCUT2D eigenvalue weighted by Gasteiger charge is 2.22. The molecule has 22 heavy (non-hydrogen) atoms. The second-order valence-corrected chi connectivity index (χ2v) is 8.20. The van der Waals surface area contributed by atoms with Crippen molar-refractivity contribution >= 4 is 16.5 Å². The van der Waals surface area contributed by atoms with Gasteiger partial charge in [-0.25, -0.2) is 4.98 Å². The Hall–Kier alpha value is -0.650. The number of aromatic nitrogens is 1. The van der Waals surface area contributed by atoms with Crippen LogP contribution in [0.4, 0.5) is 5.13 Å². The van der Waals surface area contributed by atoms with Gasteiger partial charge < -0.3 is 10.6 Å². The summed E-state index contributed by atoms with van der Waals surface area (Å²) in [6.07, 6.45) is 10.3. The van der Waals surface area contributed by atoms with Crippen LogP contribution in [-0.2, 0) is 6.54 Å². The van der Waals surface area contributed by atoms with Crippen LogP contribution in [0.1, 0.15) is 50.3 Å². The van der Waals surface area contributed by atoms with Gasteiger partial charge in [0.15, 0.2) is 5.13 Å². The molecule has 0 saturated carbocycles. The first-order valence-corrected chi connectivity index (χ1v) is 9.69. The first kappa shape index (κ1) is 16.2. The second kappa shape index (κ2) is 7.75. The highest BCUT2D eigenvalue weighted by molar-refractivity contribution is 7.15. The summed E-state index contributed by atoms with van der Waals surface area (Å²) < 4.78 is 0. The zero-order chi connectivity index (χ0) is 15.4. The van der Waals surface area contributed by atoms with E-state index in [1.165, 1.54) is 69.6 Å². The average molecular weight is 323 g/mol. The average Bonchev–Trinajstić information content (AvgIpc) is 2.93. The molecule has 2 N–H and O–H groups in total. The third-order valence-corrected chi connectivity index (χ3v) is 6.23. The third-order valence-electron chi connectivity index (χ3n) is 5.42. The number of hydrogen-bond acceptors (Lipinski definition) is 5. The van der Waals surface area contributed by atoms with Gasteiger partial charge in [-0.2, -0.15) is 0 Å². The van der Waals surface area contributed by atoms with E-state index in [1.807, 2.05) is 6.20 Å². The maximum atomic E-state index is 5.71. The van der Waals surface area contributed by atoms with Crippen molar-refractivity contribution in [1.82, 2.24) is 14.8 Å². The summed E-state index contributed by atoms with van der Waals surface area (Å²) in [4.78, 5) is 10.7. The first-order valence-electron chi connectivity index (χ1n) is 8.87. The van der Waals surface area contributed by atoms with Gasteiger partial charge in [-0.15, -0.1) is 11.3 Å². The van der Waals surface area contributed by atoms with Gasteiger partial charge >= 0.3 is 0 Å². The van der Waals surface area contributed by atoms with Crippen molar-refractivity contribution in [2.24, 2.45) is 5.92 Å². The molecule has 5 heteroatoms. The van der Waals surface area contributed by atoms with Crippen LogP contribution in [0.25, 0.3) is 0 Å². The molecule has 0 aliphatic carbocycles. The maximum Gasteiger partial charge on any atom is 0.180 e. The summed E-state index contributed by atoms with van der Waals surface area (Å²) in [5, 5.41) is 0.695. The van der Waals surface area contributed by atoms with Crippen molar-refractivity contribution in [2.45, 2.75) is 58.0 Å². The van der Waals surface area contributed by atoms with Gasteiger partial charge in [-0.3, -0.25) is 4.90 Å².